The molecule has 0 N–H and O–H groups in total. The highest BCUT2D eigenvalue weighted by Crippen LogP contribution is 2.23. The Morgan fingerprint density at radius 1 is 0.654 bits per heavy atom. The van der Waals surface area contributed by atoms with Crippen molar-refractivity contribution in [1.29, 1.82) is 0 Å². The molecule has 0 unspecified atom stereocenters. The fraction of sp³-hybridized carbons (Fsp3) is 0.100. The van der Waals surface area contributed by atoms with Gasteiger partial charge < -0.3 is 0 Å². The molecule has 26 heavy (non-hydrogen) atoms. The fourth-order valence-corrected chi connectivity index (χ4v) is 4.68. The Bertz CT molecular complexity index is 1120. The van der Waals surface area contributed by atoms with Gasteiger partial charge in [0.15, 0.2) is 19.7 Å². The number of sulfone groups is 2. The Morgan fingerprint density at radius 2 is 1.27 bits per heavy atom. The zero-order valence-electron chi connectivity index (χ0n) is 14.2. The molecule has 0 heterocycles. The molecule has 0 aliphatic heterocycles. The van der Waals surface area contributed by atoms with E-state index in [1.807, 2.05) is 30.3 Å². The van der Waals surface area contributed by atoms with E-state index in [0.717, 1.165) is 17.4 Å². The number of hydrogen-bond acceptors (Lipinski definition) is 4. The van der Waals surface area contributed by atoms with Gasteiger partial charge in [0.2, 0.25) is 0 Å². The van der Waals surface area contributed by atoms with Crippen LogP contribution in [0.1, 0.15) is 5.56 Å². The lowest BCUT2D eigenvalue weighted by Crippen LogP contribution is -2.06. The van der Waals surface area contributed by atoms with E-state index in [4.69, 9.17) is 0 Å². The maximum absolute atomic E-state index is 12.7. The molecule has 134 valence electrons. The summed E-state index contributed by atoms with van der Waals surface area (Å²) in [6.07, 6.45) is 1.10. The molecule has 3 aromatic rings. The van der Waals surface area contributed by atoms with Crippen LogP contribution in [0.4, 0.5) is 0 Å². The summed E-state index contributed by atoms with van der Waals surface area (Å²) in [4.78, 5) is 0.326. The Kier molecular flexibility index (Phi) is 4.98. The number of benzene rings is 3. The van der Waals surface area contributed by atoms with Crippen LogP contribution in [-0.4, -0.2) is 23.1 Å². The highest BCUT2D eigenvalue weighted by Gasteiger charge is 2.17. The lowest BCUT2D eigenvalue weighted by Gasteiger charge is -2.08. The zero-order valence-corrected chi connectivity index (χ0v) is 15.8. The first kappa shape index (κ1) is 18.4. The van der Waals surface area contributed by atoms with E-state index in [0.29, 0.717) is 5.56 Å². The highest BCUT2D eigenvalue weighted by atomic mass is 32.2. The molecular formula is C20H18O4S2. The molecule has 0 amide bonds. The van der Waals surface area contributed by atoms with Crippen molar-refractivity contribution in [2.24, 2.45) is 0 Å². The van der Waals surface area contributed by atoms with Gasteiger partial charge in [-0.25, -0.2) is 16.8 Å². The molecule has 6 heteroatoms. The Morgan fingerprint density at radius 3 is 1.88 bits per heavy atom. The van der Waals surface area contributed by atoms with Crippen molar-refractivity contribution >= 4 is 19.7 Å². The summed E-state index contributed by atoms with van der Waals surface area (Å²) in [5.74, 6) is -0.249. The molecule has 0 aliphatic rings. The summed E-state index contributed by atoms with van der Waals surface area (Å²) in [5.41, 5.74) is 2.39. The first-order valence-corrected chi connectivity index (χ1v) is 11.5. The number of rotatable bonds is 5. The van der Waals surface area contributed by atoms with E-state index in [-0.39, 0.29) is 15.5 Å². The van der Waals surface area contributed by atoms with Crippen LogP contribution in [0.5, 0.6) is 0 Å². The maximum atomic E-state index is 12.7. The van der Waals surface area contributed by atoms with Gasteiger partial charge in [0.25, 0.3) is 0 Å². The lowest BCUT2D eigenvalue weighted by atomic mass is 10.1. The van der Waals surface area contributed by atoms with E-state index in [2.05, 4.69) is 0 Å². The van der Waals surface area contributed by atoms with Crippen molar-refractivity contribution in [3.05, 3.63) is 84.4 Å². The molecule has 0 saturated heterocycles. The van der Waals surface area contributed by atoms with Gasteiger partial charge in [0, 0.05) is 6.26 Å². The standard InChI is InChI=1S/C20H18O4S2/c1-25(21,22)20-9-5-6-16(14-20)15-26(23,24)19-12-10-18(11-13-19)17-7-3-2-4-8-17/h2-14H,15H2,1H3. The third-order valence-electron chi connectivity index (χ3n) is 4.00. The molecule has 0 saturated carbocycles. The minimum Gasteiger partial charge on any atom is -0.224 e. The summed E-state index contributed by atoms with van der Waals surface area (Å²) in [6.45, 7) is 0. The van der Waals surface area contributed by atoms with Gasteiger partial charge in [0.1, 0.15) is 0 Å². The summed E-state index contributed by atoms with van der Waals surface area (Å²) in [6, 6.07) is 22.4. The molecule has 0 fully saturated rings. The van der Waals surface area contributed by atoms with Gasteiger partial charge in [-0.2, -0.15) is 0 Å². The van der Waals surface area contributed by atoms with Crippen molar-refractivity contribution in [2.75, 3.05) is 6.26 Å². The molecule has 0 bridgehead atoms. The van der Waals surface area contributed by atoms with Gasteiger partial charge in [-0.3, -0.25) is 0 Å². The van der Waals surface area contributed by atoms with Gasteiger partial charge in [-0.1, -0.05) is 54.6 Å². The van der Waals surface area contributed by atoms with E-state index in [1.54, 1.807) is 36.4 Å². The smallest absolute Gasteiger partial charge is 0.182 e. The topological polar surface area (TPSA) is 68.3 Å². The fourth-order valence-electron chi connectivity index (χ4n) is 2.65. The predicted octanol–water partition coefficient (Wildman–Crippen LogP) is 3.73. The quantitative estimate of drug-likeness (QED) is 0.670. The summed E-state index contributed by atoms with van der Waals surface area (Å²) in [5, 5.41) is 0. The second kappa shape index (κ2) is 7.05. The van der Waals surface area contributed by atoms with Gasteiger partial charge >= 0.3 is 0 Å². The molecule has 0 spiro atoms. The van der Waals surface area contributed by atoms with E-state index >= 15 is 0 Å². The minimum absolute atomic E-state index is 0.115. The lowest BCUT2D eigenvalue weighted by molar-refractivity contribution is 0.594. The van der Waals surface area contributed by atoms with Crippen LogP contribution in [0.15, 0.2) is 88.7 Å². The van der Waals surface area contributed by atoms with Crippen molar-refractivity contribution < 1.29 is 16.8 Å². The first-order valence-electron chi connectivity index (χ1n) is 7.93. The summed E-state index contributed by atoms with van der Waals surface area (Å²) >= 11 is 0. The molecule has 3 rings (SSSR count). The van der Waals surface area contributed by atoms with Crippen LogP contribution < -0.4 is 0 Å². The molecule has 0 radical (unpaired) electrons. The summed E-state index contributed by atoms with van der Waals surface area (Å²) in [7, 11) is -6.95. The summed E-state index contributed by atoms with van der Waals surface area (Å²) < 4.78 is 48.6. The van der Waals surface area contributed by atoms with Crippen LogP contribution >= 0.6 is 0 Å². The minimum atomic E-state index is -3.57. The van der Waals surface area contributed by atoms with E-state index in [9.17, 15) is 16.8 Å². The zero-order chi connectivity index (χ0) is 18.8. The van der Waals surface area contributed by atoms with Gasteiger partial charge in [0.05, 0.1) is 15.5 Å². The van der Waals surface area contributed by atoms with Crippen LogP contribution in [0.2, 0.25) is 0 Å². The van der Waals surface area contributed by atoms with E-state index < -0.39 is 19.7 Å². The average Bonchev–Trinajstić information content (AvgIpc) is 2.62. The molecule has 4 nitrogen and oxygen atoms in total. The maximum Gasteiger partial charge on any atom is 0.182 e. The second-order valence-electron chi connectivity index (χ2n) is 6.07. The monoisotopic (exact) mass is 386 g/mol. The third-order valence-corrected chi connectivity index (χ3v) is 6.82. The predicted molar refractivity (Wildman–Crippen MR) is 102 cm³/mol. The van der Waals surface area contributed by atoms with Crippen LogP contribution in [-0.2, 0) is 25.4 Å². The van der Waals surface area contributed by atoms with Crippen molar-refractivity contribution in [3.63, 3.8) is 0 Å². The Balaban J connectivity index is 1.87. The normalized spacial score (nSPS) is 12.0. The average molecular weight is 386 g/mol. The molecule has 0 aromatic heterocycles. The van der Waals surface area contributed by atoms with E-state index in [1.165, 1.54) is 12.1 Å². The largest absolute Gasteiger partial charge is 0.224 e. The Labute approximate surface area is 154 Å². The molecular weight excluding hydrogens is 368 g/mol. The third kappa shape index (κ3) is 4.20. The number of hydrogen-bond donors (Lipinski definition) is 0. The van der Waals surface area contributed by atoms with Crippen molar-refractivity contribution in [2.45, 2.75) is 15.5 Å². The molecule has 0 aliphatic carbocycles. The van der Waals surface area contributed by atoms with Gasteiger partial charge in [-0.05, 0) is 41.0 Å². The highest BCUT2D eigenvalue weighted by molar-refractivity contribution is 7.91. The second-order valence-corrected chi connectivity index (χ2v) is 10.1. The van der Waals surface area contributed by atoms with Gasteiger partial charge in [-0.15, -0.1) is 0 Å². The van der Waals surface area contributed by atoms with Crippen LogP contribution in [0, 0.1) is 0 Å². The molecule has 0 atom stereocenters. The first-order chi connectivity index (χ1) is 12.3. The SMILES string of the molecule is CS(=O)(=O)c1cccc(CS(=O)(=O)c2ccc(-c3ccccc3)cc2)c1. The van der Waals surface area contributed by atoms with Crippen molar-refractivity contribution in [1.82, 2.24) is 0 Å². The van der Waals surface area contributed by atoms with Crippen LogP contribution in [0.3, 0.4) is 0 Å². The van der Waals surface area contributed by atoms with Crippen molar-refractivity contribution in [3.8, 4) is 11.1 Å². The molecule has 3 aromatic carbocycles. The van der Waals surface area contributed by atoms with Crippen LogP contribution in [0.25, 0.3) is 11.1 Å². The Hall–Kier alpha value is -2.44.